The summed E-state index contributed by atoms with van der Waals surface area (Å²) in [4.78, 5) is 4.60. The third-order valence-electron chi connectivity index (χ3n) is 4.26. The number of hydrogen-bond acceptors (Lipinski definition) is 3. The molecule has 0 radical (unpaired) electrons. The molecule has 18 heavy (non-hydrogen) atoms. The first-order chi connectivity index (χ1) is 8.81. The molecule has 1 heterocycles. The Morgan fingerprint density at radius 1 is 1.22 bits per heavy atom. The molecule has 1 aromatic rings. The summed E-state index contributed by atoms with van der Waals surface area (Å²) in [5.41, 5.74) is 1.61. The highest BCUT2D eigenvalue weighted by atomic mass is 16.5. The zero-order chi connectivity index (χ0) is 12.1. The Labute approximate surface area is 106 Å². The van der Waals surface area contributed by atoms with Crippen LogP contribution in [0.5, 0.6) is 0 Å². The molecule has 1 fully saturated rings. The highest BCUT2D eigenvalue weighted by Crippen LogP contribution is 2.44. The zero-order valence-corrected chi connectivity index (χ0v) is 9.99. The first-order valence-corrected chi connectivity index (χ1v) is 6.52. The lowest BCUT2D eigenvalue weighted by atomic mass is 9.76. The van der Waals surface area contributed by atoms with Crippen molar-refractivity contribution < 1.29 is 9.68 Å². The van der Waals surface area contributed by atoms with E-state index in [0.29, 0.717) is 17.8 Å². The summed E-state index contributed by atoms with van der Waals surface area (Å²) in [7, 11) is -0.864. The van der Waals surface area contributed by atoms with E-state index in [4.69, 9.17) is 4.65 Å². The molecule has 2 aliphatic carbocycles. The van der Waals surface area contributed by atoms with Crippen LogP contribution >= 0.6 is 0 Å². The molecule has 1 saturated carbocycles. The largest absolute Gasteiger partial charge is 0.563 e. The molecule has 0 aromatic heterocycles. The maximum atomic E-state index is 10.0. The molecule has 2 bridgehead atoms. The molecule has 0 amide bonds. The first-order valence-electron chi connectivity index (χ1n) is 6.52. The van der Waals surface area contributed by atoms with Gasteiger partial charge in [-0.15, -0.1) is 0 Å². The number of nitrogens with zero attached hydrogens (tertiary/aromatic N) is 1. The van der Waals surface area contributed by atoms with Crippen molar-refractivity contribution in [3.8, 4) is 0 Å². The van der Waals surface area contributed by atoms with E-state index in [2.05, 4.69) is 17.1 Å². The van der Waals surface area contributed by atoms with E-state index in [1.54, 1.807) is 0 Å². The monoisotopic (exact) mass is 239 g/mol. The van der Waals surface area contributed by atoms with Gasteiger partial charge in [0.05, 0.1) is 5.69 Å². The zero-order valence-electron chi connectivity index (χ0n) is 9.99. The van der Waals surface area contributed by atoms with Gasteiger partial charge >= 0.3 is 7.12 Å². The van der Waals surface area contributed by atoms with Crippen LogP contribution < -0.4 is 5.46 Å². The minimum Gasteiger partial charge on any atom is -0.521 e. The summed E-state index contributed by atoms with van der Waals surface area (Å²) in [5.74, 6) is 2.30. The van der Waals surface area contributed by atoms with E-state index in [9.17, 15) is 5.02 Å². The number of hydrogen-bond donors (Lipinski definition) is 1. The molecule has 3 atom stereocenters. The number of aliphatic imine (C=N–C) groups is 1. The fourth-order valence-corrected chi connectivity index (χ4v) is 3.36. The molecular weight excluding hydrogens is 225 g/mol. The van der Waals surface area contributed by atoms with Crippen molar-refractivity contribution in [3.63, 3.8) is 0 Å². The lowest BCUT2D eigenvalue weighted by Gasteiger charge is -2.26. The average Bonchev–Trinajstić information content (AvgIpc) is 3.01. The van der Waals surface area contributed by atoms with Crippen molar-refractivity contribution in [1.29, 1.82) is 0 Å². The molecule has 1 N–H and O–H groups in total. The summed E-state index contributed by atoms with van der Waals surface area (Å²) in [5, 5.41) is 10.0. The van der Waals surface area contributed by atoms with Crippen molar-refractivity contribution in [2.24, 2.45) is 22.7 Å². The SMILES string of the molecule is OB1OC(C2CC3C=CC2C3)=Nc2ccccc21. The number of rotatable bonds is 1. The van der Waals surface area contributed by atoms with Crippen LogP contribution in [0.3, 0.4) is 0 Å². The van der Waals surface area contributed by atoms with Crippen LogP contribution in [0.1, 0.15) is 12.8 Å². The summed E-state index contributed by atoms with van der Waals surface area (Å²) < 4.78 is 5.62. The van der Waals surface area contributed by atoms with Crippen molar-refractivity contribution >= 4 is 24.2 Å². The molecular formula is C14H14BNO2. The van der Waals surface area contributed by atoms with Crippen LogP contribution in [-0.4, -0.2) is 18.0 Å². The predicted octanol–water partition coefficient (Wildman–Crippen LogP) is 1.65. The summed E-state index contributed by atoms with van der Waals surface area (Å²) in [6.07, 6.45) is 6.90. The Hall–Kier alpha value is -1.55. The van der Waals surface area contributed by atoms with Gasteiger partial charge in [0.15, 0.2) is 5.90 Å². The second kappa shape index (κ2) is 3.72. The Bertz CT molecular complexity index is 554. The van der Waals surface area contributed by atoms with Crippen LogP contribution in [-0.2, 0) is 4.65 Å². The minimum atomic E-state index is -0.864. The molecule has 1 aromatic carbocycles. The Morgan fingerprint density at radius 3 is 2.89 bits per heavy atom. The van der Waals surface area contributed by atoms with Crippen molar-refractivity contribution in [1.82, 2.24) is 0 Å². The lowest BCUT2D eigenvalue weighted by Crippen LogP contribution is -2.41. The van der Waals surface area contributed by atoms with E-state index < -0.39 is 7.12 Å². The third kappa shape index (κ3) is 1.45. The molecule has 3 aliphatic rings. The Morgan fingerprint density at radius 2 is 2.11 bits per heavy atom. The Balaban J connectivity index is 1.71. The highest BCUT2D eigenvalue weighted by Gasteiger charge is 2.42. The second-order valence-corrected chi connectivity index (χ2v) is 5.37. The molecule has 3 unspecified atom stereocenters. The molecule has 4 heteroatoms. The molecule has 90 valence electrons. The van der Waals surface area contributed by atoms with Crippen molar-refractivity contribution in [3.05, 3.63) is 36.4 Å². The summed E-state index contributed by atoms with van der Waals surface area (Å²) in [6, 6.07) is 7.63. The number of allylic oxidation sites excluding steroid dienone is 2. The topological polar surface area (TPSA) is 41.8 Å². The molecule has 3 nitrogen and oxygen atoms in total. The van der Waals surface area contributed by atoms with Crippen LogP contribution in [0.15, 0.2) is 41.4 Å². The van der Waals surface area contributed by atoms with Gasteiger partial charge in [-0.2, -0.15) is 0 Å². The molecule has 0 saturated heterocycles. The number of benzene rings is 1. The predicted molar refractivity (Wildman–Crippen MR) is 71.1 cm³/mol. The van der Waals surface area contributed by atoms with Crippen LogP contribution in [0, 0.1) is 17.8 Å². The minimum absolute atomic E-state index is 0.350. The first kappa shape index (κ1) is 10.4. The van der Waals surface area contributed by atoms with Gasteiger partial charge in [-0.25, -0.2) is 4.99 Å². The van der Waals surface area contributed by atoms with Crippen molar-refractivity contribution in [2.75, 3.05) is 0 Å². The van der Waals surface area contributed by atoms with E-state index in [1.165, 1.54) is 6.42 Å². The highest BCUT2D eigenvalue weighted by molar-refractivity contribution is 6.64. The van der Waals surface area contributed by atoms with Gasteiger partial charge in [-0.3, -0.25) is 0 Å². The van der Waals surface area contributed by atoms with Gasteiger partial charge in [0, 0.05) is 11.4 Å². The van der Waals surface area contributed by atoms with E-state index in [0.717, 1.165) is 23.5 Å². The molecule has 1 aliphatic heterocycles. The van der Waals surface area contributed by atoms with Gasteiger partial charge < -0.3 is 9.68 Å². The summed E-state index contributed by atoms with van der Waals surface area (Å²) in [6.45, 7) is 0. The fraction of sp³-hybridized carbons (Fsp3) is 0.357. The maximum Gasteiger partial charge on any atom is 0.563 e. The van der Waals surface area contributed by atoms with Crippen LogP contribution in [0.4, 0.5) is 5.69 Å². The van der Waals surface area contributed by atoms with Gasteiger partial charge in [-0.1, -0.05) is 30.4 Å². The normalized spacial score (nSPS) is 32.2. The standard InChI is InChI=1S/C14H14BNO2/c17-15-12-3-1-2-4-13(12)16-14(18-15)11-8-9-5-6-10(11)7-9/h1-6,9-11,17H,7-8H2. The number of para-hydroxylation sites is 1. The molecule has 4 rings (SSSR count). The van der Waals surface area contributed by atoms with Gasteiger partial charge in [0.2, 0.25) is 0 Å². The van der Waals surface area contributed by atoms with Crippen LogP contribution in [0.25, 0.3) is 0 Å². The summed E-state index contributed by atoms with van der Waals surface area (Å²) >= 11 is 0. The number of fused-ring (bicyclic) bond motifs is 3. The maximum absolute atomic E-state index is 10.0. The van der Waals surface area contributed by atoms with Gasteiger partial charge in [0.1, 0.15) is 0 Å². The van der Waals surface area contributed by atoms with E-state index in [-0.39, 0.29) is 0 Å². The van der Waals surface area contributed by atoms with Gasteiger partial charge in [-0.05, 0) is 30.7 Å². The quantitative estimate of drug-likeness (QED) is 0.598. The fourth-order valence-electron chi connectivity index (χ4n) is 3.36. The Kier molecular flexibility index (Phi) is 2.15. The van der Waals surface area contributed by atoms with Crippen LogP contribution in [0.2, 0.25) is 0 Å². The van der Waals surface area contributed by atoms with Crippen molar-refractivity contribution in [2.45, 2.75) is 12.8 Å². The average molecular weight is 239 g/mol. The van der Waals surface area contributed by atoms with Gasteiger partial charge in [0.25, 0.3) is 0 Å². The lowest BCUT2D eigenvalue weighted by molar-refractivity contribution is 0.384. The molecule has 0 spiro atoms. The van der Waals surface area contributed by atoms with E-state index in [1.807, 2.05) is 24.3 Å². The third-order valence-corrected chi connectivity index (χ3v) is 4.26. The van der Waals surface area contributed by atoms with E-state index >= 15 is 0 Å². The smallest absolute Gasteiger partial charge is 0.521 e. The second-order valence-electron chi connectivity index (χ2n) is 5.37.